The third-order valence-electron chi connectivity index (χ3n) is 2.98. The van der Waals surface area contributed by atoms with Crippen molar-refractivity contribution in [2.75, 3.05) is 0 Å². The minimum Gasteiger partial charge on any atom is -0.314 e. The van der Waals surface area contributed by atoms with Crippen molar-refractivity contribution in [2.45, 2.75) is 38.1 Å². The second kappa shape index (κ2) is 2.09. The van der Waals surface area contributed by atoms with Gasteiger partial charge in [0.05, 0.1) is 0 Å². The summed E-state index contributed by atoms with van der Waals surface area (Å²) in [6.07, 6.45) is 5.86. The van der Waals surface area contributed by atoms with Crippen LogP contribution in [0.3, 0.4) is 0 Å². The highest BCUT2D eigenvalue weighted by atomic mass is 15.3. The summed E-state index contributed by atoms with van der Waals surface area (Å²) in [5.74, 6) is 2.80. The summed E-state index contributed by atoms with van der Waals surface area (Å²) >= 11 is 0. The minimum absolute atomic E-state index is 0.716. The third kappa shape index (κ3) is 0.886. The Kier molecular flexibility index (Phi) is 1.15. The summed E-state index contributed by atoms with van der Waals surface area (Å²) in [5.41, 5.74) is 0. The van der Waals surface area contributed by atoms with Crippen LogP contribution in [0.4, 0.5) is 0 Å². The Hall–Kier alpha value is -0.860. The van der Waals surface area contributed by atoms with Gasteiger partial charge in [0.2, 0.25) is 0 Å². The van der Waals surface area contributed by atoms with Gasteiger partial charge in [-0.3, -0.25) is 0 Å². The summed E-state index contributed by atoms with van der Waals surface area (Å²) in [4.78, 5) is 0. The fourth-order valence-corrected chi connectivity index (χ4v) is 1.83. The molecule has 64 valence electrons. The van der Waals surface area contributed by atoms with Crippen LogP contribution in [-0.4, -0.2) is 14.8 Å². The Morgan fingerprint density at radius 2 is 2.25 bits per heavy atom. The number of hydrogen-bond acceptors (Lipinski definition) is 2. The SMILES string of the molecule is CC1CC1c1nncn1C1CC1. The highest BCUT2D eigenvalue weighted by Crippen LogP contribution is 2.48. The molecule has 3 heteroatoms. The normalized spacial score (nSPS) is 33.8. The molecule has 0 N–H and O–H groups in total. The maximum atomic E-state index is 4.20. The molecule has 2 unspecified atom stereocenters. The van der Waals surface area contributed by atoms with Gasteiger partial charge >= 0.3 is 0 Å². The van der Waals surface area contributed by atoms with E-state index >= 15 is 0 Å². The molecule has 2 atom stereocenters. The van der Waals surface area contributed by atoms with Gasteiger partial charge in [-0.1, -0.05) is 6.92 Å². The molecule has 0 aliphatic heterocycles. The van der Waals surface area contributed by atoms with Crippen LogP contribution < -0.4 is 0 Å². The second-order valence-electron chi connectivity index (χ2n) is 4.15. The van der Waals surface area contributed by atoms with Crippen molar-refractivity contribution in [3.05, 3.63) is 12.2 Å². The average molecular weight is 163 g/mol. The predicted molar refractivity (Wildman–Crippen MR) is 44.8 cm³/mol. The first-order chi connectivity index (χ1) is 5.86. The summed E-state index contributed by atoms with van der Waals surface area (Å²) in [6.45, 7) is 2.29. The monoisotopic (exact) mass is 163 g/mol. The lowest BCUT2D eigenvalue weighted by Gasteiger charge is -2.01. The maximum Gasteiger partial charge on any atom is 0.136 e. The Morgan fingerprint density at radius 3 is 2.83 bits per heavy atom. The molecule has 1 aromatic heterocycles. The molecular weight excluding hydrogens is 150 g/mol. The van der Waals surface area contributed by atoms with E-state index < -0.39 is 0 Å². The van der Waals surface area contributed by atoms with Gasteiger partial charge in [0.1, 0.15) is 12.2 Å². The molecule has 2 fully saturated rings. The number of hydrogen-bond donors (Lipinski definition) is 0. The fourth-order valence-electron chi connectivity index (χ4n) is 1.83. The van der Waals surface area contributed by atoms with E-state index in [1.54, 1.807) is 0 Å². The molecule has 0 saturated heterocycles. The minimum atomic E-state index is 0.716. The smallest absolute Gasteiger partial charge is 0.136 e. The van der Waals surface area contributed by atoms with Crippen LogP contribution in [0.25, 0.3) is 0 Å². The Labute approximate surface area is 71.8 Å². The van der Waals surface area contributed by atoms with E-state index in [1.165, 1.54) is 25.1 Å². The molecule has 1 aromatic rings. The zero-order valence-corrected chi connectivity index (χ0v) is 7.27. The van der Waals surface area contributed by atoms with E-state index in [9.17, 15) is 0 Å². The molecule has 0 bridgehead atoms. The molecule has 2 saturated carbocycles. The van der Waals surface area contributed by atoms with Gasteiger partial charge < -0.3 is 4.57 Å². The zero-order valence-electron chi connectivity index (χ0n) is 7.27. The van der Waals surface area contributed by atoms with Crippen LogP contribution in [0.1, 0.15) is 44.0 Å². The molecular formula is C9H13N3. The Balaban J connectivity index is 1.92. The summed E-state index contributed by atoms with van der Waals surface area (Å²) in [5, 5.41) is 8.19. The summed E-state index contributed by atoms with van der Waals surface area (Å²) in [7, 11) is 0. The first-order valence-electron chi connectivity index (χ1n) is 4.75. The topological polar surface area (TPSA) is 30.7 Å². The van der Waals surface area contributed by atoms with Crippen LogP contribution in [0, 0.1) is 5.92 Å². The van der Waals surface area contributed by atoms with E-state index in [-0.39, 0.29) is 0 Å². The molecule has 2 aliphatic rings. The molecule has 0 spiro atoms. The van der Waals surface area contributed by atoms with Gasteiger partial charge in [-0.05, 0) is 25.2 Å². The molecule has 0 aromatic carbocycles. The molecule has 0 amide bonds. The average Bonchev–Trinajstić information content (AvgIpc) is 2.96. The first-order valence-corrected chi connectivity index (χ1v) is 4.75. The number of rotatable bonds is 2. The Bertz CT molecular complexity index is 300. The summed E-state index contributed by atoms with van der Waals surface area (Å²) in [6, 6.07) is 0.739. The lowest BCUT2D eigenvalue weighted by molar-refractivity contribution is 0.670. The zero-order chi connectivity index (χ0) is 8.13. The van der Waals surface area contributed by atoms with Crippen LogP contribution in [-0.2, 0) is 0 Å². The van der Waals surface area contributed by atoms with Crippen molar-refractivity contribution in [2.24, 2.45) is 5.92 Å². The molecule has 1 heterocycles. The second-order valence-corrected chi connectivity index (χ2v) is 4.15. The highest BCUT2D eigenvalue weighted by molar-refractivity contribution is 5.10. The maximum absolute atomic E-state index is 4.20. The third-order valence-corrected chi connectivity index (χ3v) is 2.98. The fraction of sp³-hybridized carbons (Fsp3) is 0.778. The van der Waals surface area contributed by atoms with Crippen molar-refractivity contribution in [3.8, 4) is 0 Å². The van der Waals surface area contributed by atoms with Gasteiger partial charge in [0.25, 0.3) is 0 Å². The van der Waals surface area contributed by atoms with Gasteiger partial charge in [-0.15, -0.1) is 10.2 Å². The van der Waals surface area contributed by atoms with E-state index in [0.29, 0.717) is 5.92 Å². The van der Waals surface area contributed by atoms with Gasteiger partial charge in [-0.2, -0.15) is 0 Å². The van der Waals surface area contributed by atoms with E-state index in [1.807, 2.05) is 6.33 Å². The van der Waals surface area contributed by atoms with Crippen molar-refractivity contribution in [3.63, 3.8) is 0 Å². The molecule has 0 radical (unpaired) electrons. The lowest BCUT2D eigenvalue weighted by atomic mass is 10.3. The van der Waals surface area contributed by atoms with E-state index in [2.05, 4.69) is 21.7 Å². The number of aromatic nitrogens is 3. The van der Waals surface area contributed by atoms with Gasteiger partial charge in [0, 0.05) is 12.0 Å². The summed E-state index contributed by atoms with van der Waals surface area (Å²) < 4.78 is 2.29. The highest BCUT2D eigenvalue weighted by Gasteiger charge is 2.40. The van der Waals surface area contributed by atoms with Crippen molar-refractivity contribution < 1.29 is 0 Å². The van der Waals surface area contributed by atoms with E-state index in [0.717, 1.165) is 12.0 Å². The molecule has 12 heavy (non-hydrogen) atoms. The number of nitrogens with zero attached hydrogens (tertiary/aromatic N) is 3. The quantitative estimate of drug-likeness (QED) is 0.664. The van der Waals surface area contributed by atoms with Gasteiger partial charge in [0.15, 0.2) is 0 Å². The standard InChI is InChI=1S/C9H13N3/c1-6-4-8(6)9-11-10-5-12(9)7-2-3-7/h5-8H,2-4H2,1H3. The van der Waals surface area contributed by atoms with Gasteiger partial charge in [-0.25, -0.2) is 0 Å². The van der Waals surface area contributed by atoms with Crippen molar-refractivity contribution >= 4 is 0 Å². The van der Waals surface area contributed by atoms with Crippen molar-refractivity contribution in [1.29, 1.82) is 0 Å². The van der Waals surface area contributed by atoms with Crippen LogP contribution >= 0.6 is 0 Å². The van der Waals surface area contributed by atoms with E-state index in [4.69, 9.17) is 0 Å². The van der Waals surface area contributed by atoms with Crippen molar-refractivity contribution in [1.82, 2.24) is 14.8 Å². The molecule has 3 nitrogen and oxygen atoms in total. The predicted octanol–water partition coefficient (Wildman–Crippen LogP) is 1.74. The molecule has 2 aliphatic carbocycles. The first kappa shape index (κ1) is 6.63. The van der Waals surface area contributed by atoms with Crippen LogP contribution in [0.5, 0.6) is 0 Å². The Morgan fingerprint density at radius 1 is 1.50 bits per heavy atom. The lowest BCUT2D eigenvalue weighted by Crippen LogP contribution is -1.99. The largest absolute Gasteiger partial charge is 0.314 e. The van der Waals surface area contributed by atoms with Crippen LogP contribution in [0.15, 0.2) is 6.33 Å². The van der Waals surface area contributed by atoms with Crippen LogP contribution in [0.2, 0.25) is 0 Å². The molecule has 3 rings (SSSR count).